The Morgan fingerprint density at radius 2 is 2.25 bits per heavy atom. The van der Waals surface area contributed by atoms with Gasteiger partial charge in [-0.15, -0.1) is 11.3 Å². The summed E-state index contributed by atoms with van der Waals surface area (Å²) in [7, 11) is 0. The number of nitriles is 1. The van der Waals surface area contributed by atoms with Gasteiger partial charge >= 0.3 is 0 Å². The van der Waals surface area contributed by atoms with E-state index in [0.29, 0.717) is 11.3 Å². The number of rotatable bonds is 2. The first-order valence-electron chi connectivity index (χ1n) is 6.41. The Bertz CT molecular complexity index is 690. The minimum absolute atomic E-state index is 0.0879. The molecule has 1 unspecified atom stereocenters. The third kappa shape index (κ3) is 2.52. The average Bonchev–Trinajstić information content (AvgIpc) is 2.82. The number of hydrogen-bond donors (Lipinski definition) is 1. The summed E-state index contributed by atoms with van der Waals surface area (Å²) in [6.45, 7) is 0. The van der Waals surface area contributed by atoms with Crippen LogP contribution in [0.25, 0.3) is 0 Å². The van der Waals surface area contributed by atoms with E-state index >= 15 is 0 Å². The zero-order valence-electron chi connectivity index (χ0n) is 10.6. The minimum atomic E-state index is -0.391. The SMILES string of the molecule is N#Cc1ccc(NC2CCCc3sc(Cl)cc32)c(F)c1. The van der Waals surface area contributed by atoms with E-state index in [0.717, 1.165) is 23.6 Å². The zero-order chi connectivity index (χ0) is 14.1. The van der Waals surface area contributed by atoms with Gasteiger partial charge in [-0.2, -0.15) is 5.26 Å². The molecule has 2 nitrogen and oxygen atoms in total. The van der Waals surface area contributed by atoms with Gasteiger partial charge in [0.05, 0.1) is 27.7 Å². The van der Waals surface area contributed by atoms with Crippen molar-refractivity contribution in [2.75, 3.05) is 5.32 Å². The second kappa shape index (κ2) is 5.43. The molecule has 20 heavy (non-hydrogen) atoms. The number of benzene rings is 1. The van der Waals surface area contributed by atoms with Gasteiger partial charge in [-0.05, 0) is 49.1 Å². The lowest BCUT2D eigenvalue weighted by atomic mass is 9.94. The van der Waals surface area contributed by atoms with Crippen molar-refractivity contribution in [2.24, 2.45) is 0 Å². The fourth-order valence-corrected chi connectivity index (χ4v) is 3.94. The number of anilines is 1. The summed E-state index contributed by atoms with van der Waals surface area (Å²) < 4.78 is 14.7. The normalized spacial score (nSPS) is 17.4. The average molecular weight is 307 g/mol. The zero-order valence-corrected chi connectivity index (χ0v) is 12.2. The maximum atomic E-state index is 13.9. The second-order valence-corrected chi connectivity index (χ2v) is 6.59. The van der Waals surface area contributed by atoms with Crippen molar-refractivity contribution in [3.63, 3.8) is 0 Å². The first-order valence-corrected chi connectivity index (χ1v) is 7.61. The minimum Gasteiger partial charge on any atom is -0.376 e. The molecule has 1 aromatic heterocycles. The van der Waals surface area contributed by atoms with Crippen LogP contribution in [0.4, 0.5) is 10.1 Å². The van der Waals surface area contributed by atoms with Crippen LogP contribution in [-0.2, 0) is 6.42 Å². The molecule has 0 fully saturated rings. The summed E-state index contributed by atoms with van der Waals surface area (Å²) in [6, 6.07) is 8.49. The maximum Gasteiger partial charge on any atom is 0.147 e. The van der Waals surface area contributed by atoms with Crippen molar-refractivity contribution in [3.05, 3.63) is 50.4 Å². The van der Waals surface area contributed by atoms with Crippen LogP contribution in [0.5, 0.6) is 0 Å². The monoisotopic (exact) mass is 306 g/mol. The number of thiophene rings is 1. The Morgan fingerprint density at radius 1 is 1.40 bits per heavy atom. The molecule has 0 amide bonds. The van der Waals surface area contributed by atoms with Gasteiger partial charge in [0.15, 0.2) is 0 Å². The highest BCUT2D eigenvalue weighted by atomic mass is 35.5. The highest BCUT2D eigenvalue weighted by molar-refractivity contribution is 7.16. The molecule has 1 N–H and O–H groups in total. The van der Waals surface area contributed by atoms with E-state index in [2.05, 4.69) is 5.32 Å². The Hall–Kier alpha value is -1.57. The molecular weight excluding hydrogens is 295 g/mol. The largest absolute Gasteiger partial charge is 0.376 e. The number of fused-ring (bicyclic) bond motifs is 1. The van der Waals surface area contributed by atoms with Crippen LogP contribution in [0.1, 0.15) is 34.9 Å². The van der Waals surface area contributed by atoms with Gasteiger partial charge in [-0.25, -0.2) is 4.39 Å². The van der Waals surface area contributed by atoms with Gasteiger partial charge in [-0.1, -0.05) is 11.6 Å². The van der Waals surface area contributed by atoms with Crippen LogP contribution in [-0.4, -0.2) is 0 Å². The smallest absolute Gasteiger partial charge is 0.147 e. The molecule has 102 valence electrons. The van der Waals surface area contributed by atoms with Gasteiger partial charge in [0, 0.05) is 4.88 Å². The predicted octanol–water partition coefficient (Wildman–Crippen LogP) is 4.90. The Kier molecular flexibility index (Phi) is 3.64. The van der Waals surface area contributed by atoms with Gasteiger partial charge < -0.3 is 5.32 Å². The van der Waals surface area contributed by atoms with Gasteiger partial charge in [0.2, 0.25) is 0 Å². The molecule has 0 bridgehead atoms. The molecule has 1 aliphatic rings. The van der Waals surface area contributed by atoms with Crippen molar-refractivity contribution in [1.29, 1.82) is 5.26 Å². The van der Waals surface area contributed by atoms with Crippen LogP contribution in [0.15, 0.2) is 24.3 Å². The Morgan fingerprint density at radius 3 is 3.00 bits per heavy atom. The number of nitrogens with one attached hydrogen (secondary N) is 1. The van der Waals surface area contributed by atoms with E-state index in [1.807, 2.05) is 12.1 Å². The molecule has 0 saturated carbocycles. The van der Waals surface area contributed by atoms with Gasteiger partial charge in [-0.3, -0.25) is 0 Å². The molecule has 1 aromatic carbocycles. The third-order valence-electron chi connectivity index (χ3n) is 3.51. The lowest BCUT2D eigenvalue weighted by Crippen LogP contribution is -2.16. The molecule has 0 radical (unpaired) electrons. The van der Waals surface area contributed by atoms with Crippen LogP contribution in [0.2, 0.25) is 4.34 Å². The fourth-order valence-electron chi connectivity index (χ4n) is 2.56. The predicted molar refractivity (Wildman–Crippen MR) is 79.7 cm³/mol. The lowest BCUT2D eigenvalue weighted by molar-refractivity contribution is 0.592. The van der Waals surface area contributed by atoms with Crippen LogP contribution in [0, 0.1) is 17.1 Å². The van der Waals surface area contributed by atoms with Crippen molar-refractivity contribution in [3.8, 4) is 6.07 Å². The van der Waals surface area contributed by atoms with Crippen LogP contribution in [0.3, 0.4) is 0 Å². The Labute approximate surface area is 125 Å². The van der Waals surface area contributed by atoms with Crippen molar-refractivity contribution in [2.45, 2.75) is 25.3 Å². The number of aryl methyl sites for hydroxylation is 1. The summed E-state index contributed by atoms with van der Waals surface area (Å²) in [5.74, 6) is -0.391. The standard InChI is InChI=1S/C15H12ClFN2S/c16-15-7-10-12(2-1-3-14(10)20-15)19-13-5-4-9(8-18)6-11(13)17/h4-7,12,19H,1-3H2. The highest BCUT2D eigenvalue weighted by Crippen LogP contribution is 2.39. The molecule has 0 aliphatic heterocycles. The molecule has 0 spiro atoms. The number of nitrogens with zero attached hydrogens (tertiary/aromatic N) is 1. The molecule has 5 heteroatoms. The van der Waals surface area contributed by atoms with E-state index in [4.69, 9.17) is 16.9 Å². The second-order valence-electron chi connectivity index (χ2n) is 4.82. The molecule has 0 saturated heterocycles. The molecule has 1 aliphatic carbocycles. The summed E-state index contributed by atoms with van der Waals surface area (Å²) in [5, 5.41) is 12.0. The van der Waals surface area contributed by atoms with E-state index in [-0.39, 0.29) is 6.04 Å². The van der Waals surface area contributed by atoms with E-state index < -0.39 is 5.82 Å². The maximum absolute atomic E-state index is 13.9. The lowest BCUT2D eigenvalue weighted by Gasteiger charge is -2.24. The van der Waals surface area contributed by atoms with Gasteiger partial charge in [0.25, 0.3) is 0 Å². The fraction of sp³-hybridized carbons (Fsp3) is 0.267. The number of hydrogen-bond acceptors (Lipinski definition) is 3. The molecule has 1 heterocycles. The van der Waals surface area contributed by atoms with E-state index in [1.54, 1.807) is 23.5 Å². The summed E-state index contributed by atoms with van der Waals surface area (Å²) in [5.41, 5.74) is 1.94. The first kappa shape index (κ1) is 13.4. The van der Waals surface area contributed by atoms with Crippen LogP contribution >= 0.6 is 22.9 Å². The van der Waals surface area contributed by atoms with E-state index in [9.17, 15) is 4.39 Å². The quantitative estimate of drug-likeness (QED) is 0.856. The first-order chi connectivity index (χ1) is 9.67. The summed E-state index contributed by atoms with van der Waals surface area (Å²) in [6.07, 6.45) is 3.07. The van der Waals surface area contributed by atoms with Gasteiger partial charge in [0.1, 0.15) is 5.82 Å². The van der Waals surface area contributed by atoms with Crippen molar-refractivity contribution < 1.29 is 4.39 Å². The Balaban J connectivity index is 1.87. The third-order valence-corrected chi connectivity index (χ3v) is 4.85. The molecule has 2 aromatic rings. The van der Waals surface area contributed by atoms with Crippen molar-refractivity contribution >= 4 is 28.6 Å². The van der Waals surface area contributed by atoms with Crippen LogP contribution < -0.4 is 5.32 Å². The highest BCUT2D eigenvalue weighted by Gasteiger charge is 2.23. The topological polar surface area (TPSA) is 35.8 Å². The number of halogens is 2. The summed E-state index contributed by atoms with van der Waals surface area (Å²) in [4.78, 5) is 1.29. The summed E-state index contributed by atoms with van der Waals surface area (Å²) >= 11 is 7.67. The molecule has 1 atom stereocenters. The van der Waals surface area contributed by atoms with E-state index in [1.165, 1.54) is 16.5 Å². The molecular formula is C15H12ClFN2S. The van der Waals surface area contributed by atoms with Crippen molar-refractivity contribution in [1.82, 2.24) is 0 Å². The molecule has 3 rings (SSSR count).